The number of nitrogens with one attached hydrogen (secondary N) is 2. The quantitative estimate of drug-likeness (QED) is 0.728. The van der Waals surface area contributed by atoms with E-state index >= 15 is 0 Å². The van der Waals surface area contributed by atoms with Gasteiger partial charge in [-0.05, 0) is 56.7 Å². The van der Waals surface area contributed by atoms with Crippen LogP contribution in [0.1, 0.15) is 31.7 Å². The smallest absolute Gasteiger partial charge is 0.224 e. The number of hydrogen-bond donors (Lipinski definition) is 2. The van der Waals surface area contributed by atoms with E-state index in [1.807, 2.05) is 6.07 Å². The van der Waals surface area contributed by atoms with Crippen molar-refractivity contribution in [2.45, 2.75) is 26.2 Å². The van der Waals surface area contributed by atoms with Gasteiger partial charge in [0.1, 0.15) is 5.82 Å². The van der Waals surface area contributed by atoms with Crippen molar-refractivity contribution < 1.29 is 0 Å². The standard InChI is InChI=1S/C18H27N5/c1-14(2)15-6-8-16(9-7-15)21-17-10-12-20-18(22-17)19-11-5-13-23(3)4/h6-10,12,14H,5,11,13H2,1-4H3,(H2,19,20,21,22). The molecule has 2 aromatic rings. The van der Waals surface area contributed by atoms with Crippen molar-refractivity contribution in [1.29, 1.82) is 0 Å². The minimum atomic E-state index is 0.543. The Labute approximate surface area is 139 Å². The minimum Gasteiger partial charge on any atom is -0.354 e. The highest BCUT2D eigenvalue weighted by Crippen LogP contribution is 2.19. The maximum atomic E-state index is 4.50. The van der Waals surface area contributed by atoms with E-state index in [1.54, 1.807) is 6.20 Å². The predicted octanol–water partition coefficient (Wildman–Crippen LogP) is 3.71. The van der Waals surface area contributed by atoms with Crippen LogP contribution in [0.3, 0.4) is 0 Å². The van der Waals surface area contributed by atoms with Gasteiger partial charge in [0, 0.05) is 18.4 Å². The molecule has 0 saturated heterocycles. The summed E-state index contributed by atoms with van der Waals surface area (Å²) in [7, 11) is 4.15. The highest BCUT2D eigenvalue weighted by molar-refractivity contribution is 5.57. The van der Waals surface area contributed by atoms with E-state index in [9.17, 15) is 0 Å². The Kier molecular flexibility index (Phi) is 6.35. The molecule has 23 heavy (non-hydrogen) atoms. The maximum absolute atomic E-state index is 4.50. The Bertz CT molecular complexity index is 593. The van der Waals surface area contributed by atoms with Crippen LogP contribution in [0.5, 0.6) is 0 Å². The van der Waals surface area contributed by atoms with Gasteiger partial charge in [-0.3, -0.25) is 0 Å². The lowest BCUT2D eigenvalue weighted by molar-refractivity contribution is 0.405. The Morgan fingerprint density at radius 1 is 1.09 bits per heavy atom. The Hall–Kier alpha value is -2.14. The van der Waals surface area contributed by atoms with Gasteiger partial charge in [-0.2, -0.15) is 4.98 Å². The molecule has 0 aliphatic rings. The SMILES string of the molecule is CC(C)c1ccc(Nc2ccnc(NCCCN(C)C)n2)cc1. The molecule has 0 aliphatic heterocycles. The van der Waals surface area contributed by atoms with Gasteiger partial charge in [0.2, 0.25) is 5.95 Å². The molecular weight excluding hydrogens is 286 g/mol. The molecule has 5 nitrogen and oxygen atoms in total. The number of anilines is 3. The van der Waals surface area contributed by atoms with Crippen LogP contribution < -0.4 is 10.6 Å². The van der Waals surface area contributed by atoms with Crippen LogP contribution in [0, 0.1) is 0 Å². The second kappa shape index (κ2) is 8.48. The molecule has 1 heterocycles. The molecule has 2 rings (SSSR count). The molecule has 0 atom stereocenters. The number of nitrogens with zero attached hydrogens (tertiary/aromatic N) is 3. The largest absolute Gasteiger partial charge is 0.354 e. The first kappa shape index (κ1) is 17.2. The zero-order chi connectivity index (χ0) is 16.7. The van der Waals surface area contributed by atoms with Crippen molar-refractivity contribution >= 4 is 17.5 Å². The van der Waals surface area contributed by atoms with Crippen molar-refractivity contribution in [2.24, 2.45) is 0 Å². The molecule has 0 spiro atoms. The van der Waals surface area contributed by atoms with Crippen LogP contribution in [-0.4, -0.2) is 42.1 Å². The molecule has 0 unspecified atom stereocenters. The van der Waals surface area contributed by atoms with Crippen LogP contribution in [0.25, 0.3) is 0 Å². The van der Waals surface area contributed by atoms with Gasteiger partial charge in [0.25, 0.3) is 0 Å². The summed E-state index contributed by atoms with van der Waals surface area (Å²) in [6.45, 7) is 6.31. The molecule has 0 radical (unpaired) electrons. The summed E-state index contributed by atoms with van der Waals surface area (Å²) in [4.78, 5) is 10.9. The Morgan fingerprint density at radius 2 is 1.83 bits per heavy atom. The summed E-state index contributed by atoms with van der Waals surface area (Å²) in [5.74, 6) is 2.00. The van der Waals surface area contributed by atoms with Crippen molar-refractivity contribution in [3.8, 4) is 0 Å². The van der Waals surface area contributed by atoms with Crippen LogP contribution in [0.2, 0.25) is 0 Å². The van der Waals surface area contributed by atoms with Gasteiger partial charge in [-0.1, -0.05) is 26.0 Å². The first-order valence-electron chi connectivity index (χ1n) is 8.13. The molecule has 1 aromatic carbocycles. The van der Waals surface area contributed by atoms with Crippen molar-refractivity contribution in [2.75, 3.05) is 37.8 Å². The Balaban J connectivity index is 1.91. The summed E-state index contributed by atoms with van der Waals surface area (Å²) in [5, 5.41) is 6.58. The third-order valence-corrected chi connectivity index (χ3v) is 3.57. The van der Waals surface area contributed by atoms with Gasteiger partial charge < -0.3 is 15.5 Å². The highest BCUT2D eigenvalue weighted by atomic mass is 15.1. The average Bonchev–Trinajstić information content (AvgIpc) is 2.52. The lowest BCUT2D eigenvalue weighted by Crippen LogP contribution is -2.17. The zero-order valence-electron chi connectivity index (χ0n) is 14.5. The normalized spacial score (nSPS) is 11.0. The molecule has 0 saturated carbocycles. The number of aromatic nitrogens is 2. The molecular formula is C18H27N5. The minimum absolute atomic E-state index is 0.543. The molecule has 1 aromatic heterocycles. The van der Waals surface area contributed by atoms with E-state index in [-0.39, 0.29) is 0 Å². The maximum Gasteiger partial charge on any atom is 0.224 e. The van der Waals surface area contributed by atoms with Crippen molar-refractivity contribution in [1.82, 2.24) is 14.9 Å². The number of rotatable bonds is 8. The average molecular weight is 313 g/mol. The van der Waals surface area contributed by atoms with E-state index < -0.39 is 0 Å². The lowest BCUT2D eigenvalue weighted by Gasteiger charge is -2.11. The summed E-state index contributed by atoms with van der Waals surface area (Å²) < 4.78 is 0. The van der Waals surface area contributed by atoms with Gasteiger partial charge in [0.05, 0.1) is 0 Å². The molecule has 0 aliphatic carbocycles. The molecule has 124 valence electrons. The summed E-state index contributed by atoms with van der Waals surface area (Å²) in [6.07, 6.45) is 2.83. The predicted molar refractivity (Wildman–Crippen MR) is 97.5 cm³/mol. The van der Waals surface area contributed by atoms with Crippen LogP contribution in [0.4, 0.5) is 17.5 Å². The van der Waals surface area contributed by atoms with Gasteiger partial charge in [-0.15, -0.1) is 0 Å². The third kappa shape index (κ3) is 5.87. The van der Waals surface area contributed by atoms with Crippen molar-refractivity contribution in [3.05, 3.63) is 42.1 Å². The first-order valence-corrected chi connectivity index (χ1v) is 8.13. The first-order chi connectivity index (χ1) is 11.0. The van der Waals surface area contributed by atoms with Gasteiger partial charge in [-0.25, -0.2) is 4.98 Å². The summed E-state index contributed by atoms with van der Waals surface area (Å²) in [6, 6.07) is 10.3. The van der Waals surface area contributed by atoms with E-state index in [0.717, 1.165) is 31.0 Å². The number of hydrogen-bond acceptors (Lipinski definition) is 5. The van der Waals surface area contributed by atoms with Gasteiger partial charge in [0.15, 0.2) is 0 Å². The molecule has 2 N–H and O–H groups in total. The Morgan fingerprint density at radius 3 is 2.48 bits per heavy atom. The van der Waals surface area contributed by atoms with E-state index in [1.165, 1.54) is 5.56 Å². The fraction of sp³-hybridized carbons (Fsp3) is 0.444. The zero-order valence-corrected chi connectivity index (χ0v) is 14.5. The fourth-order valence-electron chi connectivity index (χ4n) is 2.21. The van der Waals surface area contributed by atoms with Crippen molar-refractivity contribution in [3.63, 3.8) is 0 Å². The van der Waals surface area contributed by atoms with Crippen LogP contribution >= 0.6 is 0 Å². The van der Waals surface area contributed by atoms with Crippen LogP contribution in [0.15, 0.2) is 36.5 Å². The van der Waals surface area contributed by atoms with Crippen LogP contribution in [-0.2, 0) is 0 Å². The van der Waals surface area contributed by atoms with E-state index in [4.69, 9.17) is 0 Å². The van der Waals surface area contributed by atoms with Gasteiger partial charge >= 0.3 is 0 Å². The highest BCUT2D eigenvalue weighted by Gasteiger charge is 2.02. The monoisotopic (exact) mass is 313 g/mol. The third-order valence-electron chi connectivity index (χ3n) is 3.57. The summed E-state index contributed by atoms with van der Waals surface area (Å²) in [5.41, 5.74) is 2.37. The van der Waals surface area contributed by atoms with E-state index in [2.05, 4.69) is 77.7 Å². The second-order valence-corrected chi connectivity index (χ2v) is 6.25. The second-order valence-electron chi connectivity index (χ2n) is 6.25. The molecule has 0 amide bonds. The summed E-state index contributed by atoms with van der Waals surface area (Å²) >= 11 is 0. The fourth-order valence-corrected chi connectivity index (χ4v) is 2.21. The van der Waals surface area contributed by atoms with E-state index in [0.29, 0.717) is 11.9 Å². The molecule has 0 bridgehead atoms. The number of benzene rings is 1. The molecule has 5 heteroatoms. The topological polar surface area (TPSA) is 53.1 Å². The molecule has 0 fully saturated rings. The lowest BCUT2D eigenvalue weighted by atomic mass is 10.0.